The van der Waals surface area contributed by atoms with E-state index < -0.39 is 11.3 Å². The van der Waals surface area contributed by atoms with Gasteiger partial charge in [0.15, 0.2) is 22.7 Å². The van der Waals surface area contributed by atoms with Gasteiger partial charge in [-0.2, -0.15) is 0 Å². The summed E-state index contributed by atoms with van der Waals surface area (Å²) in [6.07, 6.45) is 1.60. The number of rotatable bonds is 4. The molecule has 0 radical (unpaired) electrons. The van der Waals surface area contributed by atoms with E-state index in [0.717, 1.165) is 55.6 Å². The van der Waals surface area contributed by atoms with Crippen molar-refractivity contribution in [1.29, 1.82) is 0 Å². The number of hydrogen-bond acceptors (Lipinski definition) is 6. The van der Waals surface area contributed by atoms with E-state index in [9.17, 15) is 9.59 Å². The number of fused-ring (bicyclic) bond motifs is 2. The molecule has 0 spiro atoms. The first-order valence-electron chi connectivity index (χ1n) is 10.3. The molecule has 2 aliphatic rings. The van der Waals surface area contributed by atoms with E-state index in [2.05, 4.69) is 10.2 Å². The van der Waals surface area contributed by atoms with Gasteiger partial charge in [0.1, 0.15) is 5.58 Å². The molecule has 0 aliphatic carbocycles. The summed E-state index contributed by atoms with van der Waals surface area (Å²) in [5, 5.41) is 3.54. The van der Waals surface area contributed by atoms with Crippen LogP contribution >= 0.6 is 23.2 Å². The number of ether oxygens (including phenoxy) is 2. The maximum absolute atomic E-state index is 12.7. The van der Waals surface area contributed by atoms with E-state index in [1.54, 1.807) is 0 Å². The summed E-state index contributed by atoms with van der Waals surface area (Å²) in [6, 6.07) is 10.2. The minimum absolute atomic E-state index is 0.00492. The van der Waals surface area contributed by atoms with Gasteiger partial charge >= 0.3 is 0 Å². The number of hydrogen-bond donors (Lipinski definition) is 1. The number of benzene rings is 2. The van der Waals surface area contributed by atoms with Crippen molar-refractivity contribution in [2.75, 3.05) is 19.9 Å². The average molecular weight is 475 g/mol. The second-order valence-electron chi connectivity index (χ2n) is 7.92. The Kier molecular flexibility index (Phi) is 5.71. The van der Waals surface area contributed by atoms with Gasteiger partial charge in [-0.1, -0.05) is 29.3 Å². The fraction of sp³-hybridized carbons (Fsp3) is 0.304. The van der Waals surface area contributed by atoms with Gasteiger partial charge in [0.05, 0.1) is 15.4 Å². The second-order valence-corrected chi connectivity index (χ2v) is 8.71. The molecule has 0 saturated carbocycles. The molecule has 3 aromatic rings. The number of nitrogens with zero attached hydrogens (tertiary/aromatic N) is 1. The lowest BCUT2D eigenvalue weighted by Gasteiger charge is -2.32. The molecular formula is C23H20Cl2N2O5. The lowest BCUT2D eigenvalue weighted by atomic mass is 10.0. The molecule has 32 heavy (non-hydrogen) atoms. The lowest BCUT2D eigenvalue weighted by molar-refractivity contribution is 0.0881. The van der Waals surface area contributed by atoms with Crippen LogP contribution in [0.4, 0.5) is 0 Å². The largest absolute Gasteiger partial charge is 0.454 e. The Hall–Kier alpha value is -2.74. The molecule has 5 rings (SSSR count). The normalized spacial score (nSPS) is 16.4. The molecule has 1 amide bonds. The van der Waals surface area contributed by atoms with Gasteiger partial charge in [-0.3, -0.25) is 14.5 Å². The van der Waals surface area contributed by atoms with E-state index in [1.807, 2.05) is 18.2 Å². The first kappa shape index (κ1) is 21.1. The molecule has 9 heteroatoms. The highest BCUT2D eigenvalue weighted by Gasteiger charge is 2.24. The standard InChI is InChI=1S/C23H20Cl2N2O5/c24-15-2-4-18-21(22(15)25)16(28)10-20(32-18)23(29)26-14-5-7-27(8-6-14)11-13-1-3-17-19(9-13)31-12-30-17/h1-4,9-10,14H,5-8,11-12H2,(H,26,29). The summed E-state index contributed by atoms with van der Waals surface area (Å²) >= 11 is 12.1. The maximum atomic E-state index is 12.7. The zero-order valence-electron chi connectivity index (χ0n) is 17.0. The van der Waals surface area contributed by atoms with Crippen LogP contribution in [0.2, 0.25) is 10.0 Å². The van der Waals surface area contributed by atoms with Gasteiger partial charge in [0, 0.05) is 31.7 Å². The van der Waals surface area contributed by atoms with Crippen molar-refractivity contribution in [3.8, 4) is 11.5 Å². The van der Waals surface area contributed by atoms with E-state index in [4.69, 9.17) is 37.1 Å². The highest BCUT2D eigenvalue weighted by Crippen LogP contribution is 2.33. The van der Waals surface area contributed by atoms with Crippen molar-refractivity contribution in [1.82, 2.24) is 10.2 Å². The molecule has 1 N–H and O–H groups in total. The van der Waals surface area contributed by atoms with Crippen molar-refractivity contribution < 1.29 is 18.7 Å². The molecule has 166 valence electrons. The van der Waals surface area contributed by atoms with Crippen LogP contribution in [0.1, 0.15) is 29.0 Å². The first-order valence-corrected chi connectivity index (χ1v) is 11.1. The molecule has 3 heterocycles. The summed E-state index contributed by atoms with van der Waals surface area (Å²) < 4.78 is 16.4. The lowest BCUT2D eigenvalue weighted by Crippen LogP contribution is -2.44. The molecule has 7 nitrogen and oxygen atoms in total. The van der Waals surface area contributed by atoms with Gasteiger partial charge in [0.25, 0.3) is 5.91 Å². The monoisotopic (exact) mass is 474 g/mol. The summed E-state index contributed by atoms with van der Waals surface area (Å²) in [4.78, 5) is 27.5. The van der Waals surface area contributed by atoms with Crippen LogP contribution in [0.25, 0.3) is 11.0 Å². The van der Waals surface area contributed by atoms with Crippen LogP contribution < -0.4 is 20.2 Å². The fourth-order valence-corrected chi connectivity index (χ4v) is 4.49. The first-order chi connectivity index (χ1) is 15.5. The third kappa shape index (κ3) is 4.16. The molecule has 1 fully saturated rings. The van der Waals surface area contributed by atoms with Crippen molar-refractivity contribution >= 4 is 40.1 Å². The number of amides is 1. The quantitative estimate of drug-likeness (QED) is 0.609. The molecule has 1 aromatic heterocycles. The number of piperidine rings is 1. The maximum Gasteiger partial charge on any atom is 0.287 e. The number of halogens is 2. The van der Waals surface area contributed by atoms with Crippen molar-refractivity contribution in [3.05, 3.63) is 68.0 Å². The van der Waals surface area contributed by atoms with Crippen LogP contribution in [0.15, 0.2) is 45.6 Å². The highest BCUT2D eigenvalue weighted by molar-refractivity contribution is 6.45. The van der Waals surface area contributed by atoms with E-state index in [0.29, 0.717) is 0 Å². The summed E-state index contributed by atoms with van der Waals surface area (Å²) in [5.41, 5.74) is 0.992. The third-order valence-corrected chi connectivity index (χ3v) is 6.58. The third-order valence-electron chi connectivity index (χ3n) is 5.77. The SMILES string of the molecule is O=C(NC1CCN(Cc2ccc3c(c2)OCO3)CC1)c1cc(=O)c2c(Cl)c(Cl)ccc2o1. The number of carbonyl (C=O) groups excluding carboxylic acids is 1. The van der Waals surface area contributed by atoms with E-state index in [-0.39, 0.29) is 39.6 Å². The van der Waals surface area contributed by atoms with Crippen LogP contribution in [0.3, 0.4) is 0 Å². The summed E-state index contributed by atoms with van der Waals surface area (Å²) in [6.45, 7) is 2.76. The Labute approximate surface area is 193 Å². The molecule has 0 unspecified atom stereocenters. The predicted octanol–water partition coefficient (Wildman–Crippen LogP) is 4.22. The molecule has 2 aliphatic heterocycles. The highest BCUT2D eigenvalue weighted by atomic mass is 35.5. The number of likely N-dealkylation sites (tertiary alicyclic amines) is 1. The minimum atomic E-state index is -0.413. The van der Waals surface area contributed by atoms with E-state index >= 15 is 0 Å². The second kappa shape index (κ2) is 8.65. The molecular weight excluding hydrogens is 455 g/mol. The summed E-state index contributed by atoms with van der Waals surface area (Å²) in [5.74, 6) is 1.11. The van der Waals surface area contributed by atoms with Gasteiger partial charge < -0.3 is 19.2 Å². The summed E-state index contributed by atoms with van der Waals surface area (Å²) in [7, 11) is 0. The Morgan fingerprint density at radius 2 is 1.84 bits per heavy atom. The Morgan fingerprint density at radius 3 is 2.66 bits per heavy atom. The minimum Gasteiger partial charge on any atom is -0.454 e. The van der Waals surface area contributed by atoms with Crippen LogP contribution in [-0.4, -0.2) is 36.7 Å². The van der Waals surface area contributed by atoms with Gasteiger partial charge in [-0.15, -0.1) is 0 Å². The Morgan fingerprint density at radius 1 is 1.06 bits per heavy atom. The van der Waals surface area contributed by atoms with Crippen molar-refractivity contribution in [3.63, 3.8) is 0 Å². The zero-order chi connectivity index (χ0) is 22.2. The van der Waals surface area contributed by atoms with Crippen LogP contribution in [-0.2, 0) is 6.54 Å². The average Bonchev–Trinajstić information content (AvgIpc) is 3.25. The van der Waals surface area contributed by atoms with Crippen molar-refractivity contribution in [2.24, 2.45) is 0 Å². The number of carbonyl (C=O) groups is 1. The Bertz CT molecular complexity index is 1250. The Balaban J connectivity index is 1.20. The van der Waals surface area contributed by atoms with Crippen LogP contribution in [0, 0.1) is 0 Å². The fourth-order valence-electron chi connectivity index (χ4n) is 4.09. The van der Waals surface area contributed by atoms with Gasteiger partial charge in [-0.05, 0) is 42.7 Å². The van der Waals surface area contributed by atoms with Gasteiger partial charge in [0.2, 0.25) is 6.79 Å². The topological polar surface area (TPSA) is 81.0 Å². The van der Waals surface area contributed by atoms with E-state index in [1.165, 1.54) is 12.1 Å². The molecule has 0 atom stereocenters. The van der Waals surface area contributed by atoms with Crippen molar-refractivity contribution in [2.45, 2.75) is 25.4 Å². The van der Waals surface area contributed by atoms with Gasteiger partial charge in [-0.25, -0.2) is 0 Å². The molecule has 2 aromatic carbocycles. The molecule has 0 bridgehead atoms. The van der Waals surface area contributed by atoms with Crippen LogP contribution in [0.5, 0.6) is 11.5 Å². The smallest absolute Gasteiger partial charge is 0.287 e. The number of nitrogens with one attached hydrogen (secondary N) is 1. The predicted molar refractivity (Wildman–Crippen MR) is 121 cm³/mol. The zero-order valence-corrected chi connectivity index (χ0v) is 18.5. The molecule has 1 saturated heterocycles.